The Bertz CT molecular complexity index is 672. The minimum Gasteiger partial charge on any atom is -0.466 e. The highest BCUT2D eigenvalue weighted by molar-refractivity contribution is 6.39. The molecule has 5 nitrogen and oxygen atoms in total. The van der Waals surface area contributed by atoms with Crippen LogP contribution in [-0.2, 0) is 22.6 Å². The van der Waals surface area contributed by atoms with Crippen LogP contribution >= 0.6 is 0 Å². The summed E-state index contributed by atoms with van der Waals surface area (Å²) in [6.45, 7) is 5.99. The molecule has 1 aromatic carbocycles. The van der Waals surface area contributed by atoms with Crippen molar-refractivity contribution in [2.75, 3.05) is 5.32 Å². The zero-order valence-corrected chi connectivity index (χ0v) is 13.0. The summed E-state index contributed by atoms with van der Waals surface area (Å²) < 4.78 is 5.37. The second-order valence-corrected chi connectivity index (χ2v) is 5.13. The first kappa shape index (κ1) is 15.8. The van der Waals surface area contributed by atoms with Gasteiger partial charge in [0.05, 0.1) is 0 Å². The number of carbonyl (C=O) groups is 2. The summed E-state index contributed by atoms with van der Waals surface area (Å²) in [5.41, 5.74) is 2.65. The third-order valence-electron chi connectivity index (χ3n) is 3.41. The minimum atomic E-state index is -0.679. The third kappa shape index (κ3) is 3.97. The number of rotatable bonds is 4. The van der Waals surface area contributed by atoms with Crippen LogP contribution in [-0.4, -0.2) is 11.8 Å². The Kier molecular flexibility index (Phi) is 4.99. The van der Waals surface area contributed by atoms with E-state index in [1.165, 1.54) is 5.56 Å². The van der Waals surface area contributed by atoms with E-state index in [0.717, 1.165) is 23.5 Å². The van der Waals surface area contributed by atoms with Gasteiger partial charge in [0.15, 0.2) is 0 Å². The van der Waals surface area contributed by atoms with Gasteiger partial charge in [0.1, 0.15) is 11.5 Å². The molecular formula is C17H20N2O3. The number of hydrogen-bond acceptors (Lipinski definition) is 3. The lowest BCUT2D eigenvalue weighted by Crippen LogP contribution is -2.35. The molecular weight excluding hydrogens is 280 g/mol. The fraction of sp³-hybridized carbons (Fsp3) is 0.294. The molecule has 2 N–H and O–H groups in total. The normalized spacial score (nSPS) is 10.3. The van der Waals surface area contributed by atoms with Gasteiger partial charge in [0.25, 0.3) is 0 Å². The van der Waals surface area contributed by atoms with Crippen LogP contribution in [0.4, 0.5) is 5.69 Å². The van der Waals surface area contributed by atoms with Gasteiger partial charge in [0, 0.05) is 17.8 Å². The lowest BCUT2D eigenvalue weighted by atomic mass is 10.1. The number of nitrogens with one attached hydrogen (secondary N) is 2. The highest BCUT2D eigenvalue weighted by atomic mass is 16.3. The Balaban J connectivity index is 1.88. The fourth-order valence-electron chi connectivity index (χ4n) is 2.13. The Hall–Kier alpha value is -2.56. The van der Waals surface area contributed by atoms with E-state index in [9.17, 15) is 9.59 Å². The van der Waals surface area contributed by atoms with Gasteiger partial charge < -0.3 is 15.1 Å². The van der Waals surface area contributed by atoms with Gasteiger partial charge in [-0.05, 0) is 44.0 Å². The molecule has 0 unspecified atom stereocenters. The van der Waals surface area contributed by atoms with E-state index in [4.69, 9.17) is 4.42 Å². The summed E-state index contributed by atoms with van der Waals surface area (Å²) in [6, 6.07) is 9.26. The van der Waals surface area contributed by atoms with E-state index < -0.39 is 11.8 Å². The van der Waals surface area contributed by atoms with Gasteiger partial charge >= 0.3 is 11.8 Å². The number of aryl methyl sites for hydroxylation is 3. The molecule has 0 fully saturated rings. The molecule has 2 amide bonds. The van der Waals surface area contributed by atoms with Crippen molar-refractivity contribution in [1.82, 2.24) is 5.32 Å². The number of benzene rings is 1. The van der Waals surface area contributed by atoms with Gasteiger partial charge in [-0.1, -0.05) is 19.1 Å². The van der Waals surface area contributed by atoms with Crippen LogP contribution in [0.1, 0.15) is 29.6 Å². The molecule has 2 rings (SSSR count). The Morgan fingerprint density at radius 3 is 2.32 bits per heavy atom. The van der Waals surface area contributed by atoms with Crippen LogP contribution in [0.15, 0.2) is 34.7 Å². The molecule has 1 aromatic heterocycles. The number of anilines is 1. The van der Waals surface area contributed by atoms with E-state index >= 15 is 0 Å². The van der Waals surface area contributed by atoms with E-state index in [1.807, 2.05) is 32.0 Å². The number of furan rings is 1. The van der Waals surface area contributed by atoms with Crippen molar-refractivity contribution >= 4 is 17.5 Å². The summed E-state index contributed by atoms with van der Waals surface area (Å²) in [7, 11) is 0. The van der Waals surface area contributed by atoms with Crippen LogP contribution in [0.3, 0.4) is 0 Å². The van der Waals surface area contributed by atoms with Crippen molar-refractivity contribution in [2.24, 2.45) is 0 Å². The molecule has 0 aliphatic heterocycles. The summed E-state index contributed by atoms with van der Waals surface area (Å²) in [5, 5.41) is 5.16. The smallest absolute Gasteiger partial charge is 0.313 e. The maximum Gasteiger partial charge on any atom is 0.313 e. The van der Waals surface area contributed by atoms with E-state index in [2.05, 4.69) is 17.6 Å². The first-order valence-electron chi connectivity index (χ1n) is 7.23. The summed E-state index contributed by atoms with van der Waals surface area (Å²) >= 11 is 0. The molecule has 22 heavy (non-hydrogen) atoms. The van der Waals surface area contributed by atoms with Crippen molar-refractivity contribution in [1.29, 1.82) is 0 Å². The van der Waals surface area contributed by atoms with Gasteiger partial charge in [-0.3, -0.25) is 9.59 Å². The lowest BCUT2D eigenvalue weighted by molar-refractivity contribution is -0.136. The van der Waals surface area contributed by atoms with Gasteiger partial charge in [0.2, 0.25) is 0 Å². The van der Waals surface area contributed by atoms with Gasteiger partial charge in [-0.15, -0.1) is 0 Å². The Morgan fingerprint density at radius 1 is 1.09 bits per heavy atom. The molecule has 0 aliphatic rings. The topological polar surface area (TPSA) is 71.3 Å². The quantitative estimate of drug-likeness (QED) is 0.853. The van der Waals surface area contributed by atoms with Crippen LogP contribution in [0, 0.1) is 13.8 Å². The standard InChI is InChI=1S/C17H20N2O3/c1-4-13-5-7-15(8-6-13)19-17(21)16(20)18-10-14-9-11(2)22-12(14)3/h5-9H,4,10H2,1-3H3,(H,18,20)(H,19,21). The SMILES string of the molecule is CCc1ccc(NC(=O)C(=O)NCc2cc(C)oc2C)cc1. The third-order valence-corrected chi connectivity index (χ3v) is 3.41. The molecule has 5 heteroatoms. The molecule has 0 radical (unpaired) electrons. The Morgan fingerprint density at radius 2 is 1.77 bits per heavy atom. The van der Waals surface area contributed by atoms with Crippen LogP contribution in [0.2, 0.25) is 0 Å². The second kappa shape index (κ2) is 6.93. The van der Waals surface area contributed by atoms with Crippen molar-refractivity contribution in [3.8, 4) is 0 Å². The summed E-state index contributed by atoms with van der Waals surface area (Å²) in [6.07, 6.45) is 0.929. The minimum absolute atomic E-state index is 0.268. The molecule has 0 saturated carbocycles. The number of carbonyl (C=O) groups excluding carboxylic acids is 2. The highest BCUT2D eigenvalue weighted by Gasteiger charge is 2.14. The van der Waals surface area contributed by atoms with Crippen LogP contribution in [0.25, 0.3) is 0 Å². The molecule has 0 atom stereocenters. The number of hydrogen-bond donors (Lipinski definition) is 2. The predicted octanol–water partition coefficient (Wildman–Crippen LogP) is 2.71. The maximum atomic E-state index is 11.8. The molecule has 0 saturated heterocycles. The van der Waals surface area contributed by atoms with E-state index in [-0.39, 0.29) is 6.54 Å². The van der Waals surface area contributed by atoms with Gasteiger partial charge in [-0.25, -0.2) is 0 Å². The van der Waals surface area contributed by atoms with Crippen LogP contribution in [0.5, 0.6) is 0 Å². The first-order valence-corrected chi connectivity index (χ1v) is 7.23. The average Bonchev–Trinajstić information content (AvgIpc) is 2.83. The maximum absolute atomic E-state index is 11.8. The van der Waals surface area contributed by atoms with Crippen molar-refractivity contribution in [3.63, 3.8) is 0 Å². The molecule has 1 heterocycles. The summed E-state index contributed by atoms with van der Waals surface area (Å²) in [5.74, 6) is 0.176. The van der Waals surface area contributed by atoms with E-state index in [1.54, 1.807) is 12.1 Å². The second-order valence-electron chi connectivity index (χ2n) is 5.13. The lowest BCUT2D eigenvalue weighted by Gasteiger charge is -2.06. The first-order chi connectivity index (χ1) is 10.5. The predicted molar refractivity (Wildman–Crippen MR) is 84.5 cm³/mol. The largest absolute Gasteiger partial charge is 0.466 e. The zero-order valence-electron chi connectivity index (χ0n) is 13.0. The molecule has 2 aromatic rings. The molecule has 0 aliphatic carbocycles. The fourth-order valence-corrected chi connectivity index (χ4v) is 2.13. The number of amides is 2. The molecule has 116 valence electrons. The average molecular weight is 300 g/mol. The van der Waals surface area contributed by atoms with Crippen molar-refractivity contribution < 1.29 is 14.0 Å². The highest BCUT2D eigenvalue weighted by Crippen LogP contribution is 2.13. The Labute approximate surface area is 129 Å². The van der Waals surface area contributed by atoms with Crippen molar-refractivity contribution in [2.45, 2.75) is 33.7 Å². The van der Waals surface area contributed by atoms with Crippen LogP contribution < -0.4 is 10.6 Å². The monoisotopic (exact) mass is 300 g/mol. The molecule has 0 spiro atoms. The zero-order chi connectivity index (χ0) is 16.1. The van der Waals surface area contributed by atoms with Crippen molar-refractivity contribution in [3.05, 3.63) is 53.0 Å². The molecule has 0 bridgehead atoms. The van der Waals surface area contributed by atoms with Gasteiger partial charge in [-0.2, -0.15) is 0 Å². The van der Waals surface area contributed by atoms with E-state index in [0.29, 0.717) is 5.69 Å². The summed E-state index contributed by atoms with van der Waals surface area (Å²) in [4.78, 5) is 23.6.